The number of anilines is 2. The highest BCUT2D eigenvalue weighted by atomic mass is 14.5. The first-order valence-electron chi connectivity index (χ1n) is 17.5. The minimum atomic E-state index is 0.445. The van der Waals surface area contributed by atoms with Crippen LogP contribution >= 0.6 is 0 Å². The van der Waals surface area contributed by atoms with Crippen molar-refractivity contribution in [2.75, 3.05) is 11.5 Å². The van der Waals surface area contributed by atoms with Crippen LogP contribution in [0.2, 0.25) is 0 Å². The molecule has 0 spiro atoms. The van der Waals surface area contributed by atoms with Gasteiger partial charge in [-0.15, -0.1) is 0 Å². The van der Waals surface area contributed by atoms with Crippen LogP contribution in [0, 0.1) is 0 Å². The van der Waals surface area contributed by atoms with E-state index >= 15 is 0 Å². The van der Waals surface area contributed by atoms with Crippen molar-refractivity contribution in [2.24, 2.45) is 0 Å². The maximum atomic E-state index is 5.99. The Morgan fingerprint density at radius 2 is 0.705 bits per heavy atom. The molecule has 234 valence electrons. The molecule has 0 bridgehead atoms. The molecule has 0 radical (unpaired) electrons. The molecule has 2 unspecified atom stereocenters. The van der Waals surface area contributed by atoms with Crippen LogP contribution in [-0.4, -0.2) is 0 Å². The van der Waals surface area contributed by atoms with E-state index in [1.807, 2.05) is 24.3 Å². The van der Waals surface area contributed by atoms with Crippen LogP contribution in [0.3, 0.4) is 0 Å². The highest BCUT2D eigenvalue weighted by Crippen LogP contribution is 2.32. The lowest BCUT2D eigenvalue weighted by Crippen LogP contribution is -2.03. The third-order valence-electron chi connectivity index (χ3n) is 9.32. The zero-order valence-corrected chi connectivity index (χ0v) is 27.4. The van der Waals surface area contributed by atoms with Gasteiger partial charge in [0.25, 0.3) is 0 Å². The summed E-state index contributed by atoms with van der Waals surface area (Å²) in [4.78, 5) is 0. The number of nitrogens with two attached hydrogens (primary N) is 2. The van der Waals surface area contributed by atoms with Crippen molar-refractivity contribution in [3.8, 4) is 0 Å². The van der Waals surface area contributed by atoms with E-state index in [1.54, 1.807) is 0 Å². The zero-order chi connectivity index (χ0) is 31.0. The van der Waals surface area contributed by atoms with E-state index in [0.29, 0.717) is 11.8 Å². The van der Waals surface area contributed by atoms with Crippen LogP contribution in [0.15, 0.2) is 97.1 Å². The smallest absolute Gasteiger partial charge is 0.0314 e. The van der Waals surface area contributed by atoms with Gasteiger partial charge >= 0.3 is 0 Å². The molecule has 2 heteroatoms. The Morgan fingerprint density at radius 3 is 1.02 bits per heavy atom. The second kappa shape index (κ2) is 18.3. The molecule has 2 atom stereocenters. The molecule has 0 aliphatic heterocycles. The fraction of sp³-hybridized carbons (Fsp3) is 0.429. The van der Waals surface area contributed by atoms with Gasteiger partial charge in [0.2, 0.25) is 0 Å². The van der Waals surface area contributed by atoms with Crippen LogP contribution < -0.4 is 11.5 Å². The third kappa shape index (κ3) is 10.6. The molecule has 4 rings (SSSR count). The average molecular weight is 589 g/mol. The van der Waals surface area contributed by atoms with Gasteiger partial charge in [-0.1, -0.05) is 138 Å². The minimum absolute atomic E-state index is 0.445. The first-order chi connectivity index (χ1) is 21.6. The van der Waals surface area contributed by atoms with Crippen LogP contribution in [-0.2, 0) is 12.8 Å². The molecular formula is C42H56N2. The van der Waals surface area contributed by atoms with Crippen molar-refractivity contribution in [1.29, 1.82) is 0 Å². The van der Waals surface area contributed by atoms with Gasteiger partial charge in [-0.25, -0.2) is 0 Å². The number of rotatable bonds is 19. The number of aryl methyl sites for hydroxylation is 2. The maximum absolute atomic E-state index is 5.99. The molecular weight excluding hydrogens is 532 g/mol. The number of nitrogen functional groups attached to an aromatic ring is 2. The van der Waals surface area contributed by atoms with Crippen molar-refractivity contribution in [1.82, 2.24) is 0 Å². The molecule has 4 aromatic carbocycles. The fourth-order valence-corrected chi connectivity index (χ4v) is 6.55. The predicted octanol–water partition coefficient (Wildman–Crippen LogP) is 11.6. The summed E-state index contributed by atoms with van der Waals surface area (Å²) in [6, 6.07) is 36.0. The summed E-state index contributed by atoms with van der Waals surface area (Å²) in [5, 5.41) is 0. The second-order valence-electron chi connectivity index (χ2n) is 12.8. The number of unbranched alkanes of at least 4 members (excludes halogenated alkanes) is 7. The normalized spacial score (nSPS) is 12.7. The highest BCUT2D eigenvalue weighted by molar-refractivity contribution is 5.44. The second-order valence-corrected chi connectivity index (χ2v) is 12.8. The van der Waals surface area contributed by atoms with Crippen LogP contribution in [0.4, 0.5) is 11.4 Å². The largest absolute Gasteiger partial charge is 0.399 e. The molecule has 0 aliphatic carbocycles. The first kappa shape index (κ1) is 33.4. The lowest BCUT2D eigenvalue weighted by atomic mass is 9.86. The van der Waals surface area contributed by atoms with E-state index in [-0.39, 0.29) is 0 Å². The molecule has 0 heterocycles. The van der Waals surface area contributed by atoms with Gasteiger partial charge in [-0.3, -0.25) is 0 Å². The Balaban J connectivity index is 1.29. The summed E-state index contributed by atoms with van der Waals surface area (Å²) in [5.74, 6) is 0.890. The van der Waals surface area contributed by atoms with E-state index in [0.717, 1.165) is 24.2 Å². The summed E-state index contributed by atoms with van der Waals surface area (Å²) in [6.07, 6.45) is 17.4. The molecule has 0 aromatic heterocycles. The molecule has 2 nitrogen and oxygen atoms in total. The van der Waals surface area contributed by atoms with Gasteiger partial charge < -0.3 is 11.5 Å². The highest BCUT2D eigenvalue weighted by Gasteiger charge is 2.15. The van der Waals surface area contributed by atoms with E-state index < -0.39 is 0 Å². The zero-order valence-electron chi connectivity index (χ0n) is 27.4. The molecule has 0 saturated heterocycles. The molecule has 4 N–H and O–H groups in total. The van der Waals surface area contributed by atoms with E-state index in [2.05, 4.69) is 86.6 Å². The third-order valence-corrected chi connectivity index (χ3v) is 9.32. The Kier molecular flexibility index (Phi) is 13.9. The quantitative estimate of drug-likeness (QED) is 0.0845. The van der Waals surface area contributed by atoms with Crippen molar-refractivity contribution in [3.05, 3.63) is 130 Å². The van der Waals surface area contributed by atoms with Gasteiger partial charge in [0, 0.05) is 23.2 Å². The van der Waals surface area contributed by atoms with Crippen molar-refractivity contribution in [2.45, 2.75) is 116 Å². The average Bonchev–Trinajstić information content (AvgIpc) is 3.05. The lowest BCUT2D eigenvalue weighted by molar-refractivity contribution is 0.596. The minimum Gasteiger partial charge on any atom is -0.399 e. The topological polar surface area (TPSA) is 52.0 Å². The summed E-state index contributed by atoms with van der Waals surface area (Å²) in [5.41, 5.74) is 22.2. The predicted molar refractivity (Wildman–Crippen MR) is 192 cm³/mol. The SMILES string of the molecule is CCCCCCC(c1ccc(N)cc1)c1ccc(CCCCc2ccc(C(CCCCCC)c3ccc(N)cc3)cc2)cc1. The van der Waals surface area contributed by atoms with E-state index in [1.165, 1.54) is 110 Å². The Morgan fingerprint density at radius 1 is 0.386 bits per heavy atom. The molecule has 0 saturated carbocycles. The Bertz CT molecular complexity index is 1210. The molecule has 0 fully saturated rings. The summed E-state index contributed by atoms with van der Waals surface area (Å²) in [6.45, 7) is 4.56. The van der Waals surface area contributed by atoms with E-state index in [9.17, 15) is 0 Å². The van der Waals surface area contributed by atoms with Crippen LogP contribution in [0.5, 0.6) is 0 Å². The number of hydrogen-bond acceptors (Lipinski definition) is 2. The summed E-state index contributed by atoms with van der Waals surface area (Å²) < 4.78 is 0. The molecule has 4 aromatic rings. The Labute approximate surface area is 268 Å². The molecule has 0 amide bonds. The number of benzene rings is 4. The summed E-state index contributed by atoms with van der Waals surface area (Å²) >= 11 is 0. The lowest BCUT2D eigenvalue weighted by Gasteiger charge is -2.19. The van der Waals surface area contributed by atoms with Gasteiger partial charge in [0.05, 0.1) is 0 Å². The number of hydrogen-bond donors (Lipinski definition) is 2. The van der Waals surface area contributed by atoms with E-state index in [4.69, 9.17) is 11.5 Å². The van der Waals surface area contributed by atoms with Gasteiger partial charge in [-0.05, 0) is 96.2 Å². The fourth-order valence-electron chi connectivity index (χ4n) is 6.55. The Hall–Kier alpha value is -3.52. The van der Waals surface area contributed by atoms with Gasteiger partial charge in [0.15, 0.2) is 0 Å². The van der Waals surface area contributed by atoms with Crippen molar-refractivity contribution < 1.29 is 0 Å². The monoisotopic (exact) mass is 588 g/mol. The molecule has 0 aliphatic rings. The standard InChI is InChI=1S/C42H56N2/c1-3-5-7-9-15-41(37-25-29-39(43)30-26-37)35-21-17-33(18-22-35)13-11-12-14-34-19-23-36(24-20-34)42(16-10-8-6-4-2)38-27-31-40(44)32-28-38/h17-32,41-42H,3-16,43-44H2,1-2H3. The van der Waals surface area contributed by atoms with Crippen LogP contribution in [0.1, 0.15) is 136 Å². The van der Waals surface area contributed by atoms with Gasteiger partial charge in [0.1, 0.15) is 0 Å². The van der Waals surface area contributed by atoms with Gasteiger partial charge in [-0.2, -0.15) is 0 Å². The first-order valence-corrected chi connectivity index (χ1v) is 17.5. The summed E-state index contributed by atoms with van der Waals surface area (Å²) in [7, 11) is 0. The van der Waals surface area contributed by atoms with Crippen molar-refractivity contribution in [3.63, 3.8) is 0 Å². The molecule has 44 heavy (non-hydrogen) atoms. The maximum Gasteiger partial charge on any atom is 0.0314 e. The van der Waals surface area contributed by atoms with Crippen molar-refractivity contribution >= 4 is 11.4 Å². The van der Waals surface area contributed by atoms with Crippen LogP contribution in [0.25, 0.3) is 0 Å².